The van der Waals surface area contributed by atoms with Crippen molar-refractivity contribution in [3.8, 4) is 0 Å². The Kier molecular flexibility index (Phi) is 3.61. The van der Waals surface area contributed by atoms with Crippen LogP contribution in [0.1, 0.15) is 66.7 Å². The first-order valence-electron chi connectivity index (χ1n) is 10.2. The van der Waals surface area contributed by atoms with Crippen molar-refractivity contribution < 1.29 is 4.79 Å². The van der Waals surface area contributed by atoms with Crippen molar-refractivity contribution in [2.24, 2.45) is 39.9 Å². The number of Topliss-reactive ketones (excluding diaryl/α,β-unsaturated/α-hetero) is 1. The monoisotopic (exact) mass is 338 g/mol. The Morgan fingerprint density at radius 2 is 1.88 bits per heavy atom. The molecule has 25 heavy (non-hydrogen) atoms. The van der Waals surface area contributed by atoms with Gasteiger partial charge in [0.25, 0.3) is 0 Å². The molecule has 0 N–H and O–H groups in total. The van der Waals surface area contributed by atoms with Crippen LogP contribution in [0.15, 0.2) is 36.0 Å². The summed E-state index contributed by atoms with van der Waals surface area (Å²) in [6.07, 6.45) is 13.1. The number of carbonyl (C=O) groups excluding carboxylic acids is 1. The second-order valence-corrected chi connectivity index (χ2v) is 10.2. The van der Waals surface area contributed by atoms with Gasteiger partial charge in [-0.25, -0.2) is 0 Å². The van der Waals surface area contributed by atoms with Crippen LogP contribution in [-0.4, -0.2) is 5.78 Å². The minimum Gasteiger partial charge on any atom is -0.300 e. The number of hydrogen-bond acceptors (Lipinski definition) is 1. The van der Waals surface area contributed by atoms with Gasteiger partial charge in [-0.2, -0.15) is 0 Å². The van der Waals surface area contributed by atoms with Crippen LogP contribution in [0.3, 0.4) is 0 Å². The molecule has 3 saturated carbocycles. The SMILES string of the molecule is C=C1C=CC2(C)C(=C1)CCC1C3CCC(C(C)=O)C3(C)CC(C)C12C. The molecule has 7 unspecified atom stereocenters. The van der Waals surface area contributed by atoms with Gasteiger partial charge < -0.3 is 0 Å². The summed E-state index contributed by atoms with van der Waals surface area (Å²) in [6.45, 7) is 16.0. The van der Waals surface area contributed by atoms with E-state index < -0.39 is 0 Å². The zero-order valence-corrected chi connectivity index (χ0v) is 16.7. The van der Waals surface area contributed by atoms with Gasteiger partial charge in [0.05, 0.1) is 0 Å². The summed E-state index contributed by atoms with van der Waals surface area (Å²) >= 11 is 0. The molecule has 0 heterocycles. The maximum Gasteiger partial charge on any atom is 0.133 e. The van der Waals surface area contributed by atoms with Crippen molar-refractivity contribution in [3.63, 3.8) is 0 Å². The molecule has 136 valence electrons. The van der Waals surface area contributed by atoms with E-state index in [1.165, 1.54) is 25.7 Å². The van der Waals surface area contributed by atoms with Gasteiger partial charge in [-0.05, 0) is 73.2 Å². The Balaban J connectivity index is 1.81. The van der Waals surface area contributed by atoms with Gasteiger partial charge in [-0.3, -0.25) is 4.79 Å². The van der Waals surface area contributed by atoms with Gasteiger partial charge in [0.1, 0.15) is 5.78 Å². The summed E-state index contributed by atoms with van der Waals surface area (Å²) in [5, 5.41) is 0. The fourth-order valence-electron chi connectivity index (χ4n) is 7.91. The molecule has 1 nitrogen and oxygen atoms in total. The minimum absolute atomic E-state index is 0.145. The van der Waals surface area contributed by atoms with Crippen molar-refractivity contribution >= 4 is 5.78 Å². The zero-order valence-electron chi connectivity index (χ0n) is 16.7. The average Bonchev–Trinajstić information content (AvgIpc) is 2.87. The van der Waals surface area contributed by atoms with Gasteiger partial charge in [-0.1, -0.05) is 58.1 Å². The number of rotatable bonds is 1. The molecule has 0 aromatic carbocycles. The molecule has 3 fully saturated rings. The number of hydrogen-bond donors (Lipinski definition) is 0. The molecule has 0 saturated heterocycles. The fraction of sp³-hybridized carbons (Fsp3) is 0.708. The van der Waals surface area contributed by atoms with E-state index in [0.29, 0.717) is 17.6 Å². The lowest BCUT2D eigenvalue weighted by Gasteiger charge is -2.66. The topological polar surface area (TPSA) is 17.1 Å². The summed E-state index contributed by atoms with van der Waals surface area (Å²) in [4.78, 5) is 12.3. The van der Waals surface area contributed by atoms with Crippen LogP contribution in [0.5, 0.6) is 0 Å². The maximum absolute atomic E-state index is 12.3. The van der Waals surface area contributed by atoms with Crippen molar-refractivity contribution in [3.05, 3.63) is 36.0 Å². The van der Waals surface area contributed by atoms with Crippen LogP contribution in [0.25, 0.3) is 0 Å². The largest absolute Gasteiger partial charge is 0.300 e. The van der Waals surface area contributed by atoms with Gasteiger partial charge in [-0.15, -0.1) is 0 Å². The summed E-state index contributed by atoms with van der Waals surface area (Å²) < 4.78 is 0. The van der Waals surface area contributed by atoms with E-state index >= 15 is 0 Å². The maximum atomic E-state index is 12.3. The highest BCUT2D eigenvalue weighted by molar-refractivity contribution is 5.79. The Bertz CT molecular complexity index is 697. The first-order valence-corrected chi connectivity index (χ1v) is 10.2. The van der Waals surface area contributed by atoms with Crippen molar-refractivity contribution in [2.45, 2.75) is 66.7 Å². The highest BCUT2D eigenvalue weighted by atomic mass is 16.1. The predicted octanol–water partition coefficient (Wildman–Crippen LogP) is 6.12. The summed E-state index contributed by atoms with van der Waals surface area (Å²) in [6, 6.07) is 0. The lowest BCUT2D eigenvalue weighted by Crippen LogP contribution is -2.59. The molecule has 4 aliphatic carbocycles. The number of carbonyl (C=O) groups is 1. The van der Waals surface area contributed by atoms with Crippen LogP contribution >= 0.6 is 0 Å². The van der Waals surface area contributed by atoms with E-state index in [4.69, 9.17) is 0 Å². The normalized spacial score (nSPS) is 51.4. The molecule has 4 aliphatic rings. The van der Waals surface area contributed by atoms with Gasteiger partial charge >= 0.3 is 0 Å². The molecule has 0 radical (unpaired) electrons. The third kappa shape index (κ3) is 1.99. The predicted molar refractivity (Wildman–Crippen MR) is 104 cm³/mol. The van der Waals surface area contributed by atoms with Crippen molar-refractivity contribution in [1.82, 2.24) is 0 Å². The number of fused-ring (bicyclic) bond motifs is 5. The summed E-state index contributed by atoms with van der Waals surface area (Å²) in [5.41, 5.74) is 3.39. The second-order valence-electron chi connectivity index (χ2n) is 10.2. The van der Waals surface area contributed by atoms with Crippen LogP contribution in [-0.2, 0) is 4.79 Å². The van der Waals surface area contributed by atoms with Crippen LogP contribution in [0.2, 0.25) is 0 Å². The summed E-state index contributed by atoms with van der Waals surface area (Å²) in [5.74, 6) is 2.78. The zero-order chi connectivity index (χ0) is 18.2. The van der Waals surface area contributed by atoms with Gasteiger partial charge in [0.2, 0.25) is 0 Å². The first-order chi connectivity index (χ1) is 11.6. The lowest BCUT2D eigenvalue weighted by atomic mass is 9.38. The van der Waals surface area contributed by atoms with E-state index in [2.05, 4.69) is 52.5 Å². The molecule has 0 aromatic rings. The Morgan fingerprint density at radius 1 is 1.16 bits per heavy atom. The minimum atomic E-state index is 0.145. The lowest BCUT2D eigenvalue weighted by molar-refractivity contribution is -0.146. The van der Waals surface area contributed by atoms with Crippen molar-refractivity contribution in [1.29, 1.82) is 0 Å². The third-order valence-electron chi connectivity index (χ3n) is 9.43. The molecule has 0 amide bonds. The second kappa shape index (κ2) is 5.21. The average molecular weight is 339 g/mol. The highest BCUT2D eigenvalue weighted by Gasteiger charge is 2.66. The molecule has 0 bridgehead atoms. The smallest absolute Gasteiger partial charge is 0.133 e. The number of ketones is 1. The van der Waals surface area contributed by atoms with Crippen LogP contribution in [0.4, 0.5) is 0 Å². The van der Waals surface area contributed by atoms with Crippen LogP contribution in [0, 0.1) is 39.9 Å². The molecule has 1 heteroatoms. The molecule has 0 aliphatic heterocycles. The molecule has 7 atom stereocenters. The van der Waals surface area contributed by atoms with Crippen molar-refractivity contribution in [2.75, 3.05) is 0 Å². The van der Waals surface area contributed by atoms with E-state index in [1.807, 2.05) is 6.92 Å². The Morgan fingerprint density at radius 3 is 2.56 bits per heavy atom. The first kappa shape index (κ1) is 17.3. The van der Waals surface area contributed by atoms with Gasteiger partial charge in [0.15, 0.2) is 0 Å². The molecule has 0 aromatic heterocycles. The van der Waals surface area contributed by atoms with Gasteiger partial charge in [0, 0.05) is 11.3 Å². The Labute approximate surface area is 153 Å². The quantitative estimate of drug-likeness (QED) is 0.562. The highest BCUT2D eigenvalue weighted by Crippen LogP contribution is 2.72. The molecule has 4 rings (SSSR count). The van der Waals surface area contributed by atoms with E-state index in [1.54, 1.807) is 5.57 Å². The van der Waals surface area contributed by atoms with E-state index in [-0.39, 0.29) is 22.2 Å². The Hall–Kier alpha value is -1.11. The van der Waals surface area contributed by atoms with Crippen LogP contribution < -0.4 is 0 Å². The number of allylic oxidation sites excluding steroid dienone is 5. The van der Waals surface area contributed by atoms with E-state index in [9.17, 15) is 4.79 Å². The molecule has 0 spiro atoms. The fourth-order valence-corrected chi connectivity index (χ4v) is 7.91. The third-order valence-corrected chi connectivity index (χ3v) is 9.43. The van der Waals surface area contributed by atoms with E-state index in [0.717, 1.165) is 17.9 Å². The molecular weight excluding hydrogens is 304 g/mol. The standard InChI is InChI=1S/C24H34O/c1-15-11-12-23(5)18(13-15)7-8-21-20-10-9-19(17(3)25)22(20,4)14-16(2)24(21,23)6/h11-13,16,19-21H,1,7-10,14H2,2-6H3. The molecular formula is C24H34O. The summed E-state index contributed by atoms with van der Waals surface area (Å²) in [7, 11) is 0.